The second kappa shape index (κ2) is 8.33. The third-order valence-electron chi connectivity index (χ3n) is 3.63. The Balaban J connectivity index is 0.00000220. The molecule has 1 amide bonds. The second-order valence-electron chi connectivity index (χ2n) is 5.12. The van der Waals surface area contributed by atoms with Crippen LogP contribution in [0.4, 0.5) is 5.88 Å². The van der Waals surface area contributed by atoms with Crippen LogP contribution in [0.15, 0.2) is 10.6 Å². The third kappa shape index (κ3) is 4.96. The van der Waals surface area contributed by atoms with E-state index in [0.29, 0.717) is 19.0 Å². The lowest BCUT2D eigenvalue weighted by molar-refractivity contribution is -0.119. The summed E-state index contributed by atoms with van der Waals surface area (Å²) in [6, 6.07) is 1.87. The molecule has 2 unspecified atom stereocenters. The van der Waals surface area contributed by atoms with Gasteiger partial charge in [-0.2, -0.15) is 0 Å². The van der Waals surface area contributed by atoms with E-state index in [-0.39, 0.29) is 30.5 Å². The molecule has 0 aliphatic carbocycles. The molecule has 0 spiro atoms. The number of rotatable bonds is 5. The minimum absolute atomic E-state index is 0. The molecule has 120 valence electrons. The van der Waals surface area contributed by atoms with Crippen molar-refractivity contribution in [2.24, 2.45) is 5.73 Å². The highest BCUT2D eigenvalue weighted by Crippen LogP contribution is 2.19. The molecule has 7 nitrogen and oxygen atoms in total. The fourth-order valence-electron chi connectivity index (χ4n) is 2.51. The van der Waals surface area contributed by atoms with E-state index in [1.165, 1.54) is 0 Å². The van der Waals surface area contributed by atoms with Gasteiger partial charge in [0, 0.05) is 32.3 Å². The first-order chi connectivity index (χ1) is 9.62. The van der Waals surface area contributed by atoms with Gasteiger partial charge >= 0.3 is 0 Å². The quantitative estimate of drug-likeness (QED) is 0.833. The Morgan fingerprint density at radius 1 is 1.67 bits per heavy atom. The molecule has 2 rings (SSSR count). The van der Waals surface area contributed by atoms with Crippen LogP contribution in [0.25, 0.3) is 0 Å². The molecular weight excluding hydrogens is 296 g/mol. The molecule has 2 heterocycles. The molecular formula is C13H23ClN4O3. The smallest absolute Gasteiger partial charge is 0.240 e. The van der Waals surface area contributed by atoms with Gasteiger partial charge in [-0.1, -0.05) is 5.16 Å². The van der Waals surface area contributed by atoms with Gasteiger partial charge in [0.1, 0.15) is 0 Å². The number of aryl methyl sites for hydroxylation is 1. The predicted molar refractivity (Wildman–Crippen MR) is 81.6 cm³/mol. The van der Waals surface area contributed by atoms with Crippen LogP contribution in [0, 0.1) is 6.92 Å². The first-order valence-corrected chi connectivity index (χ1v) is 6.82. The van der Waals surface area contributed by atoms with Crippen LogP contribution in [-0.2, 0) is 9.53 Å². The van der Waals surface area contributed by atoms with Crippen molar-refractivity contribution in [2.75, 3.05) is 32.1 Å². The number of halogens is 1. The number of nitrogens with two attached hydrogens (primary N) is 1. The van der Waals surface area contributed by atoms with Gasteiger partial charge in [0.2, 0.25) is 11.8 Å². The van der Waals surface area contributed by atoms with Gasteiger partial charge in [0.15, 0.2) is 0 Å². The minimum Gasteiger partial charge on any atom is -0.381 e. The molecule has 0 saturated carbocycles. The molecule has 3 N–H and O–H groups in total. The fraction of sp³-hybridized carbons (Fsp3) is 0.692. The van der Waals surface area contributed by atoms with Crippen molar-refractivity contribution >= 4 is 24.2 Å². The molecule has 1 aromatic heterocycles. The largest absolute Gasteiger partial charge is 0.381 e. The lowest BCUT2D eigenvalue weighted by Crippen LogP contribution is -2.50. The van der Waals surface area contributed by atoms with Crippen LogP contribution in [0.2, 0.25) is 0 Å². The zero-order chi connectivity index (χ0) is 14.5. The van der Waals surface area contributed by atoms with Gasteiger partial charge < -0.3 is 15.0 Å². The molecule has 21 heavy (non-hydrogen) atoms. The molecule has 1 aliphatic rings. The number of aromatic nitrogens is 1. The van der Waals surface area contributed by atoms with Gasteiger partial charge in [-0.15, -0.1) is 12.4 Å². The monoisotopic (exact) mass is 318 g/mol. The number of likely N-dealkylation sites (tertiary alicyclic amines) is 1. The SMILES string of the molecule is COC1CCN(CC(=O)Nc2cc(C)no2)C(CN)C1.Cl. The molecule has 1 aromatic rings. The zero-order valence-electron chi connectivity index (χ0n) is 12.4. The van der Waals surface area contributed by atoms with E-state index in [1.54, 1.807) is 20.1 Å². The van der Waals surface area contributed by atoms with Crippen molar-refractivity contribution in [3.05, 3.63) is 11.8 Å². The summed E-state index contributed by atoms with van der Waals surface area (Å²) in [5.74, 6) is 0.263. The number of hydrogen-bond acceptors (Lipinski definition) is 6. The molecule has 1 aliphatic heterocycles. The number of anilines is 1. The van der Waals surface area contributed by atoms with Crippen molar-refractivity contribution in [3.8, 4) is 0 Å². The Morgan fingerprint density at radius 3 is 3.00 bits per heavy atom. The number of nitrogens with one attached hydrogen (secondary N) is 1. The summed E-state index contributed by atoms with van der Waals surface area (Å²) in [4.78, 5) is 14.1. The van der Waals surface area contributed by atoms with Gasteiger partial charge in [-0.05, 0) is 19.8 Å². The van der Waals surface area contributed by atoms with E-state index in [2.05, 4.69) is 15.4 Å². The lowest BCUT2D eigenvalue weighted by Gasteiger charge is -2.37. The van der Waals surface area contributed by atoms with E-state index in [9.17, 15) is 4.79 Å². The molecule has 1 fully saturated rings. The number of hydrogen-bond donors (Lipinski definition) is 2. The average molecular weight is 319 g/mol. The number of methoxy groups -OCH3 is 1. The molecule has 1 saturated heterocycles. The van der Waals surface area contributed by atoms with Crippen molar-refractivity contribution in [2.45, 2.75) is 31.9 Å². The highest BCUT2D eigenvalue weighted by atomic mass is 35.5. The topological polar surface area (TPSA) is 93.6 Å². The van der Waals surface area contributed by atoms with Crippen LogP contribution in [0.5, 0.6) is 0 Å². The van der Waals surface area contributed by atoms with Crippen LogP contribution in [-0.4, -0.2) is 54.9 Å². The fourth-order valence-corrected chi connectivity index (χ4v) is 2.51. The lowest BCUT2D eigenvalue weighted by atomic mass is 9.99. The second-order valence-corrected chi connectivity index (χ2v) is 5.12. The van der Waals surface area contributed by atoms with E-state index in [0.717, 1.165) is 25.1 Å². The van der Waals surface area contributed by atoms with Crippen LogP contribution < -0.4 is 11.1 Å². The zero-order valence-corrected chi connectivity index (χ0v) is 13.2. The Hall–Kier alpha value is -1.15. The van der Waals surface area contributed by atoms with Gasteiger partial charge in [-0.3, -0.25) is 15.0 Å². The van der Waals surface area contributed by atoms with Crippen LogP contribution in [0.3, 0.4) is 0 Å². The Morgan fingerprint density at radius 2 is 2.43 bits per heavy atom. The number of ether oxygens (including phenoxy) is 1. The van der Waals surface area contributed by atoms with E-state index >= 15 is 0 Å². The first-order valence-electron chi connectivity index (χ1n) is 6.82. The Kier molecular flexibility index (Phi) is 7.10. The summed E-state index contributed by atoms with van der Waals surface area (Å²) in [5, 5.41) is 6.43. The number of amides is 1. The summed E-state index contributed by atoms with van der Waals surface area (Å²) in [6.45, 7) is 3.44. The summed E-state index contributed by atoms with van der Waals surface area (Å²) in [6.07, 6.45) is 2.02. The molecule has 8 heteroatoms. The number of nitrogens with zero attached hydrogens (tertiary/aromatic N) is 2. The summed E-state index contributed by atoms with van der Waals surface area (Å²) in [7, 11) is 1.72. The van der Waals surface area contributed by atoms with Crippen molar-refractivity contribution in [1.29, 1.82) is 0 Å². The van der Waals surface area contributed by atoms with Crippen molar-refractivity contribution in [1.82, 2.24) is 10.1 Å². The normalized spacial score (nSPS) is 22.6. The highest BCUT2D eigenvalue weighted by molar-refractivity contribution is 5.91. The predicted octanol–water partition coefficient (Wildman–Crippen LogP) is 0.781. The highest BCUT2D eigenvalue weighted by Gasteiger charge is 2.28. The molecule has 0 bridgehead atoms. The number of piperidine rings is 1. The number of carbonyl (C=O) groups is 1. The van der Waals surface area contributed by atoms with E-state index in [4.69, 9.17) is 15.0 Å². The standard InChI is InChI=1S/C13H22N4O3.ClH/c1-9-5-13(20-16-9)15-12(18)8-17-4-3-11(19-2)6-10(17)7-14;/h5,10-11H,3-4,6-8,14H2,1-2H3,(H,15,18);1H. The van der Waals surface area contributed by atoms with Crippen molar-refractivity contribution in [3.63, 3.8) is 0 Å². The maximum atomic E-state index is 12.0. The summed E-state index contributed by atoms with van der Waals surface area (Å²) < 4.78 is 10.3. The van der Waals surface area contributed by atoms with E-state index < -0.39 is 0 Å². The van der Waals surface area contributed by atoms with Gasteiger partial charge in [0.05, 0.1) is 18.3 Å². The van der Waals surface area contributed by atoms with Gasteiger partial charge in [-0.25, -0.2) is 0 Å². The maximum absolute atomic E-state index is 12.0. The molecule has 2 atom stereocenters. The van der Waals surface area contributed by atoms with Crippen LogP contribution in [0.1, 0.15) is 18.5 Å². The maximum Gasteiger partial charge on any atom is 0.240 e. The minimum atomic E-state index is -0.115. The number of carbonyl (C=O) groups excluding carboxylic acids is 1. The molecule has 0 aromatic carbocycles. The van der Waals surface area contributed by atoms with Gasteiger partial charge in [0.25, 0.3) is 0 Å². The average Bonchev–Trinajstić information content (AvgIpc) is 2.84. The van der Waals surface area contributed by atoms with E-state index in [1.807, 2.05) is 0 Å². The Labute approximate surface area is 130 Å². The molecule has 0 radical (unpaired) electrons. The summed E-state index contributed by atoms with van der Waals surface area (Å²) in [5.41, 5.74) is 6.52. The third-order valence-corrected chi connectivity index (χ3v) is 3.63. The summed E-state index contributed by atoms with van der Waals surface area (Å²) >= 11 is 0. The van der Waals surface area contributed by atoms with Crippen molar-refractivity contribution < 1.29 is 14.1 Å². The Bertz CT molecular complexity index is 454. The van der Waals surface area contributed by atoms with Crippen LogP contribution >= 0.6 is 12.4 Å². The first kappa shape index (κ1) is 17.9.